The van der Waals surface area contributed by atoms with Crippen LogP contribution >= 0.6 is 15.9 Å². The highest BCUT2D eigenvalue weighted by Gasteiger charge is 2.34. The van der Waals surface area contributed by atoms with Crippen molar-refractivity contribution in [3.05, 3.63) is 101 Å². The lowest BCUT2D eigenvalue weighted by atomic mass is 10.0. The minimum absolute atomic E-state index is 0.141. The molecule has 38 heavy (non-hydrogen) atoms. The number of carbonyl (C=O) groups excluding carboxylic acids is 2. The molecule has 2 amide bonds. The highest BCUT2D eigenvalue weighted by molar-refractivity contribution is 9.10. The van der Waals surface area contributed by atoms with Crippen molar-refractivity contribution in [2.24, 2.45) is 0 Å². The molecule has 0 aliphatic carbocycles. The number of hydrogen-bond acceptors (Lipinski definition) is 4. The fourth-order valence-electron chi connectivity index (χ4n) is 4.04. The van der Waals surface area contributed by atoms with Gasteiger partial charge in [-0.25, -0.2) is 8.42 Å². The van der Waals surface area contributed by atoms with Crippen LogP contribution in [0, 0.1) is 0 Å². The summed E-state index contributed by atoms with van der Waals surface area (Å²) in [6, 6.07) is 24.8. The predicted molar refractivity (Wildman–Crippen MR) is 155 cm³/mol. The Bertz CT molecular complexity index is 1340. The van der Waals surface area contributed by atoms with Gasteiger partial charge < -0.3 is 10.2 Å². The van der Waals surface area contributed by atoms with E-state index in [1.165, 1.54) is 4.90 Å². The fourth-order valence-corrected chi connectivity index (χ4v) is 5.51. The largest absolute Gasteiger partial charge is 0.350 e. The fraction of sp³-hybridized carbons (Fsp3) is 0.310. The van der Waals surface area contributed by atoms with Crippen LogP contribution in [-0.4, -0.2) is 49.5 Å². The van der Waals surface area contributed by atoms with Crippen molar-refractivity contribution >= 4 is 43.5 Å². The second-order valence-electron chi connectivity index (χ2n) is 10.2. The first-order chi connectivity index (χ1) is 17.8. The quantitative estimate of drug-likeness (QED) is 0.364. The molecule has 3 aromatic carbocycles. The van der Waals surface area contributed by atoms with Gasteiger partial charge >= 0.3 is 0 Å². The van der Waals surface area contributed by atoms with Gasteiger partial charge in [0, 0.05) is 23.0 Å². The summed E-state index contributed by atoms with van der Waals surface area (Å²) >= 11 is 3.40. The van der Waals surface area contributed by atoms with E-state index in [4.69, 9.17) is 0 Å². The van der Waals surface area contributed by atoms with Crippen LogP contribution in [0.3, 0.4) is 0 Å². The molecule has 0 radical (unpaired) electrons. The summed E-state index contributed by atoms with van der Waals surface area (Å²) in [6.45, 7) is 5.33. The first-order valence-electron chi connectivity index (χ1n) is 12.3. The molecule has 1 N–H and O–H groups in total. The molecule has 1 atom stereocenters. The maximum Gasteiger partial charge on any atom is 0.244 e. The molecule has 9 heteroatoms. The number of nitrogens with one attached hydrogen (secondary N) is 1. The Labute approximate surface area is 234 Å². The number of anilines is 1. The lowest BCUT2D eigenvalue weighted by molar-refractivity contribution is -0.140. The van der Waals surface area contributed by atoms with Crippen LogP contribution in [0.15, 0.2) is 89.4 Å². The first-order valence-corrected chi connectivity index (χ1v) is 14.9. The standard InChI is InChI=1S/C29H34BrN3O4S/c1-29(2,3)31-28(35)26(19-22-13-7-5-8-14-22)32(20-23-15-9-6-10-16-23)27(34)21-33(38(4,36)37)25-18-12-11-17-24(25)30/h5-18,26H,19-21H2,1-4H3,(H,31,35)/t26-/m0/s1. The SMILES string of the molecule is CC(C)(C)NC(=O)[C@H](Cc1ccccc1)N(Cc1ccccc1)C(=O)CN(c1ccccc1Br)S(C)(=O)=O. The van der Waals surface area contributed by atoms with E-state index in [0.717, 1.165) is 21.7 Å². The van der Waals surface area contributed by atoms with Crippen LogP contribution in [0.25, 0.3) is 0 Å². The smallest absolute Gasteiger partial charge is 0.244 e. The summed E-state index contributed by atoms with van der Waals surface area (Å²) in [5.41, 5.74) is 1.54. The van der Waals surface area contributed by atoms with Crippen LogP contribution in [0.5, 0.6) is 0 Å². The molecule has 0 saturated carbocycles. The summed E-state index contributed by atoms with van der Waals surface area (Å²) in [4.78, 5) is 29.2. The maximum absolute atomic E-state index is 14.0. The number of rotatable bonds is 10. The average Bonchev–Trinajstić information content (AvgIpc) is 2.84. The zero-order valence-corrected chi connectivity index (χ0v) is 24.5. The molecule has 0 aromatic heterocycles. The topological polar surface area (TPSA) is 86.8 Å². The Kier molecular flexibility index (Phi) is 9.73. The lowest BCUT2D eigenvalue weighted by Gasteiger charge is -2.35. The van der Waals surface area contributed by atoms with E-state index in [-0.39, 0.29) is 18.9 Å². The normalized spacial score (nSPS) is 12.4. The Morgan fingerprint density at radius 2 is 1.39 bits per heavy atom. The first kappa shape index (κ1) is 29.4. The summed E-state index contributed by atoms with van der Waals surface area (Å²) in [6.07, 6.45) is 1.34. The average molecular weight is 601 g/mol. The van der Waals surface area contributed by atoms with Crippen molar-refractivity contribution in [2.45, 2.75) is 45.3 Å². The zero-order valence-electron chi connectivity index (χ0n) is 22.1. The number of sulfonamides is 1. The van der Waals surface area contributed by atoms with Crippen LogP contribution in [-0.2, 0) is 32.6 Å². The molecule has 3 aromatic rings. The van der Waals surface area contributed by atoms with Crippen molar-refractivity contribution in [2.75, 3.05) is 17.1 Å². The number of nitrogens with zero attached hydrogens (tertiary/aromatic N) is 2. The summed E-state index contributed by atoms with van der Waals surface area (Å²) in [7, 11) is -3.82. The minimum Gasteiger partial charge on any atom is -0.350 e. The van der Waals surface area contributed by atoms with Gasteiger partial charge in [0.1, 0.15) is 12.6 Å². The number of carbonyl (C=O) groups is 2. The van der Waals surface area contributed by atoms with Crippen molar-refractivity contribution in [3.63, 3.8) is 0 Å². The number of hydrogen-bond donors (Lipinski definition) is 1. The minimum atomic E-state index is -3.82. The number of para-hydroxylation sites is 1. The van der Waals surface area contributed by atoms with E-state index in [1.807, 2.05) is 81.4 Å². The monoisotopic (exact) mass is 599 g/mol. The number of benzene rings is 3. The molecular formula is C29H34BrN3O4S. The maximum atomic E-state index is 14.0. The molecule has 0 aliphatic rings. The Morgan fingerprint density at radius 3 is 1.92 bits per heavy atom. The van der Waals surface area contributed by atoms with E-state index in [0.29, 0.717) is 10.2 Å². The van der Waals surface area contributed by atoms with Gasteiger partial charge in [-0.3, -0.25) is 13.9 Å². The third-order valence-corrected chi connectivity index (χ3v) is 7.56. The molecule has 202 valence electrons. The molecule has 7 nitrogen and oxygen atoms in total. The Hall–Kier alpha value is -3.17. The summed E-state index contributed by atoms with van der Waals surface area (Å²) < 4.78 is 27.3. The van der Waals surface area contributed by atoms with Gasteiger partial charge in [-0.2, -0.15) is 0 Å². The number of amides is 2. The van der Waals surface area contributed by atoms with Gasteiger partial charge in [-0.1, -0.05) is 72.8 Å². The highest BCUT2D eigenvalue weighted by Crippen LogP contribution is 2.28. The molecule has 0 saturated heterocycles. The molecule has 0 fully saturated rings. The highest BCUT2D eigenvalue weighted by atomic mass is 79.9. The van der Waals surface area contributed by atoms with Crippen LogP contribution in [0.2, 0.25) is 0 Å². The molecule has 0 aliphatic heterocycles. The zero-order chi connectivity index (χ0) is 27.9. The summed E-state index contributed by atoms with van der Waals surface area (Å²) in [5.74, 6) is -0.794. The van der Waals surface area contributed by atoms with Gasteiger partial charge in [0.05, 0.1) is 11.9 Å². The molecule has 0 spiro atoms. The molecule has 0 bridgehead atoms. The second-order valence-corrected chi connectivity index (χ2v) is 12.9. The van der Waals surface area contributed by atoms with E-state index in [2.05, 4.69) is 21.2 Å². The molecular weight excluding hydrogens is 566 g/mol. The Balaban J connectivity index is 2.06. The van der Waals surface area contributed by atoms with Gasteiger partial charge in [0.2, 0.25) is 21.8 Å². The van der Waals surface area contributed by atoms with Crippen molar-refractivity contribution in [1.82, 2.24) is 10.2 Å². The predicted octanol–water partition coefficient (Wildman–Crippen LogP) is 4.77. The second kappa shape index (κ2) is 12.6. The van der Waals surface area contributed by atoms with Gasteiger partial charge in [-0.15, -0.1) is 0 Å². The van der Waals surface area contributed by atoms with Crippen LogP contribution in [0.1, 0.15) is 31.9 Å². The van der Waals surface area contributed by atoms with Crippen molar-refractivity contribution < 1.29 is 18.0 Å². The van der Waals surface area contributed by atoms with Gasteiger partial charge in [-0.05, 0) is 60.0 Å². The van der Waals surface area contributed by atoms with Gasteiger partial charge in [0.15, 0.2) is 0 Å². The van der Waals surface area contributed by atoms with E-state index in [1.54, 1.807) is 24.3 Å². The van der Waals surface area contributed by atoms with Gasteiger partial charge in [0.25, 0.3) is 0 Å². The molecule has 3 rings (SSSR count). The Morgan fingerprint density at radius 1 is 0.868 bits per heavy atom. The van der Waals surface area contributed by atoms with Crippen LogP contribution in [0.4, 0.5) is 5.69 Å². The third kappa shape index (κ3) is 8.43. The van der Waals surface area contributed by atoms with E-state index < -0.39 is 34.1 Å². The van der Waals surface area contributed by atoms with Crippen molar-refractivity contribution in [1.29, 1.82) is 0 Å². The third-order valence-electron chi connectivity index (χ3n) is 5.77. The number of halogens is 1. The van der Waals surface area contributed by atoms with Crippen LogP contribution < -0.4 is 9.62 Å². The summed E-state index contributed by atoms with van der Waals surface area (Å²) in [5, 5.41) is 3.01. The molecule has 0 unspecified atom stereocenters. The van der Waals surface area contributed by atoms with E-state index in [9.17, 15) is 18.0 Å². The van der Waals surface area contributed by atoms with E-state index >= 15 is 0 Å². The lowest BCUT2D eigenvalue weighted by Crippen LogP contribution is -2.56. The molecule has 0 heterocycles. The van der Waals surface area contributed by atoms with Crippen molar-refractivity contribution in [3.8, 4) is 0 Å².